The molecule has 0 saturated heterocycles. The summed E-state index contributed by atoms with van der Waals surface area (Å²) in [6.45, 7) is 5.58. The summed E-state index contributed by atoms with van der Waals surface area (Å²) in [5.41, 5.74) is -0.507. The van der Waals surface area contributed by atoms with Gasteiger partial charge in [-0.25, -0.2) is 9.59 Å². The maximum Gasteiger partial charge on any atom is 0.438 e. The number of nitrogens with one attached hydrogen (secondary N) is 1. The predicted octanol–water partition coefficient (Wildman–Crippen LogP) is 2.33. The van der Waals surface area contributed by atoms with Gasteiger partial charge >= 0.3 is 11.8 Å². The van der Waals surface area contributed by atoms with Crippen LogP contribution < -0.4 is 5.76 Å². The molecule has 2 rings (SSSR count). The summed E-state index contributed by atoms with van der Waals surface area (Å²) in [7, 11) is 1.78. The number of rotatable bonds is 3. The van der Waals surface area contributed by atoms with Crippen molar-refractivity contribution < 1.29 is 14.1 Å². The van der Waals surface area contributed by atoms with Crippen LogP contribution in [0.1, 0.15) is 52.3 Å². The zero-order valence-corrected chi connectivity index (χ0v) is 13.7. The minimum absolute atomic E-state index is 0.0869. The number of nitrogens with zero attached hydrogens (tertiary/aromatic N) is 2. The lowest BCUT2D eigenvalue weighted by molar-refractivity contribution is 0.0114. The first-order valence-electron chi connectivity index (χ1n) is 7.77. The fraction of sp³-hybridized carbons (Fsp3) is 0.800. The van der Waals surface area contributed by atoms with E-state index in [0.29, 0.717) is 12.2 Å². The minimum Gasteiger partial charge on any atom is -0.444 e. The fourth-order valence-electron chi connectivity index (χ4n) is 3.00. The number of hydrogen-bond acceptors (Lipinski definition) is 5. The van der Waals surface area contributed by atoms with Crippen LogP contribution in [-0.2, 0) is 11.2 Å². The van der Waals surface area contributed by atoms with Crippen molar-refractivity contribution >= 4 is 6.09 Å². The van der Waals surface area contributed by atoms with Gasteiger partial charge in [0.2, 0.25) is 0 Å². The molecular weight excluding hydrogens is 286 g/mol. The second-order valence-corrected chi connectivity index (χ2v) is 6.95. The van der Waals surface area contributed by atoms with E-state index < -0.39 is 11.4 Å². The third-order valence-corrected chi connectivity index (χ3v) is 3.99. The lowest BCUT2D eigenvalue weighted by Gasteiger charge is -2.38. The molecule has 1 aliphatic carbocycles. The third-order valence-electron chi connectivity index (χ3n) is 3.99. The van der Waals surface area contributed by atoms with Crippen molar-refractivity contribution in [3.8, 4) is 0 Å². The van der Waals surface area contributed by atoms with Crippen LogP contribution in [-0.4, -0.2) is 39.8 Å². The van der Waals surface area contributed by atoms with Crippen LogP contribution in [0.25, 0.3) is 0 Å². The van der Waals surface area contributed by atoms with E-state index in [2.05, 4.69) is 14.7 Å². The molecule has 1 N–H and O–H groups in total. The molecule has 1 aromatic rings. The summed E-state index contributed by atoms with van der Waals surface area (Å²) in [4.78, 5) is 27.6. The lowest BCUT2D eigenvalue weighted by Crippen LogP contribution is -2.46. The van der Waals surface area contributed by atoms with Gasteiger partial charge in [0.05, 0.1) is 0 Å². The highest BCUT2D eigenvalue weighted by molar-refractivity contribution is 5.68. The van der Waals surface area contributed by atoms with Gasteiger partial charge in [0, 0.05) is 19.5 Å². The topological polar surface area (TPSA) is 88.4 Å². The van der Waals surface area contributed by atoms with Gasteiger partial charge in [0.15, 0.2) is 5.82 Å². The van der Waals surface area contributed by atoms with Crippen molar-refractivity contribution in [2.24, 2.45) is 5.92 Å². The molecule has 1 aliphatic rings. The number of aromatic nitrogens is 2. The van der Waals surface area contributed by atoms with Crippen LogP contribution >= 0.6 is 0 Å². The Morgan fingerprint density at radius 3 is 2.68 bits per heavy atom. The third kappa shape index (κ3) is 4.35. The molecule has 0 radical (unpaired) electrons. The SMILES string of the molecule is CN(C(=O)OC(C)(C)C)[C@H]1CCCC[C@H]1Cc1noc(=O)[nH]1. The average Bonchev–Trinajstić information content (AvgIpc) is 2.82. The van der Waals surface area contributed by atoms with E-state index in [1.165, 1.54) is 0 Å². The number of hydrogen-bond donors (Lipinski definition) is 1. The van der Waals surface area contributed by atoms with Crippen LogP contribution in [0.2, 0.25) is 0 Å². The summed E-state index contributed by atoms with van der Waals surface area (Å²) >= 11 is 0. The summed E-state index contributed by atoms with van der Waals surface area (Å²) in [6, 6.07) is 0.0869. The first-order chi connectivity index (χ1) is 10.3. The molecule has 1 aromatic heterocycles. The zero-order chi connectivity index (χ0) is 16.3. The summed E-state index contributed by atoms with van der Waals surface area (Å²) in [5.74, 6) is 0.245. The normalized spacial score (nSPS) is 22.4. The second-order valence-electron chi connectivity index (χ2n) is 6.95. The van der Waals surface area contributed by atoms with Gasteiger partial charge in [-0.1, -0.05) is 18.0 Å². The molecule has 22 heavy (non-hydrogen) atoms. The monoisotopic (exact) mass is 311 g/mol. The van der Waals surface area contributed by atoms with Gasteiger partial charge < -0.3 is 9.64 Å². The van der Waals surface area contributed by atoms with E-state index in [9.17, 15) is 9.59 Å². The van der Waals surface area contributed by atoms with Crippen molar-refractivity contribution in [1.29, 1.82) is 0 Å². The number of carbonyl (C=O) groups is 1. The molecule has 7 heteroatoms. The quantitative estimate of drug-likeness (QED) is 0.925. The van der Waals surface area contributed by atoms with Crippen molar-refractivity contribution in [3.63, 3.8) is 0 Å². The molecule has 1 amide bonds. The summed E-state index contributed by atoms with van der Waals surface area (Å²) in [6.07, 6.45) is 4.42. The summed E-state index contributed by atoms with van der Waals surface area (Å²) in [5, 5.41) is 3.73. The smallest absolute Gasteiger partial charge is 0.438 e. The Labute approximate surface area is 130 Å². The van der Waals surface area contributed by atoms with Crippen LogP contribution in [0.4, 0.5) is 4.79 Å². The lowest BCUT2D eigenvalue weighted by atomic mass is 9.81. The molecular formula is C15H25N3O4. The van der Waals surface area contributed by atoms with Crippen LogP contribution in [0.15, 0.2) is 9.32 Å². The maximum absolute atomic E-state index is 12.3. The molecule has 2 atom stereocenters. The Balaban J connectivity index is 2.05. The van der Waals surface area contributed by atoms with E-state index in [1.807, 2.05) is 20.8 Å². The van der Waals surface area contributed by atoms with Gasteiger partial charge in [-0.15, -0.1) is 0 Å². The highest BCUT2D eigenvalue weighted by Crippen LogP contribution is 2.30. The predicted molar refractivity (Wildman–Crippen MR) is 80.6 cm³/mol. The van der Waals surface area contributed by atoms with Gasteiger partial charge in [0.25, 0.3) is 0 Å². The highest BCUT2D eigenvalue weighted by Gasteiger charge is 2.33. The van der Waals surface area contributed by atoms with Gasteiger partial charge in [-0.2, -0.15) is 0 Å². The minimum atomic E-state index is -0.539. The molecule has 0 aliphatic heterocycles. The Bertz CT molecular complexity index is 558. The first-order valence-corrected chi connectivity index (χ1v) is 7.77. The van der Waals surface area contributed by atoms with Crippen molar-refractivity contribution in [2.75, 3.05) is 7.05 Å². The number of ether oxygens (including phenoxy) is 1. The molecule has 1 fully saturated rings. The molecule has 0 bridgehead atoms. The van der Waals surface area contributed by atoms with E-state index in [0.717, 1.165) is 25.7 Å². The van der Waals surface area contributed by atoms with Gasteiger partial charge in [-0.3, -0.25) is 9.51 Å². The van der Waals surface area contributed by atoms with Gasteiger partial charge in [-0.05, 0) is 39.5 Å². The molecule has 7 nitrogen and oxygen atoms in total. The molecule has 0 unspecified atom stereocenters. The molecule has 1 heterocycles. The van der Waals surface area contributed by atoms with Crippen LogP contribution in [0, 0.1) is 5.92 Å². The zero-order valence-electron chi connectivity index (χ0n) is 13.7. The van der Waals surface area contributed by atoms with Crippen molar-refractivity contribution in [3.05, 3.63) is 16.4 Å². The largest absolute Gasteiger partial charge is 0.444 e. The highest BCUT2D eigenvalue weighted by atomic mass is 16.6. The van der Waals surface area contributed by atoms with E-state index in [-0.39, 0.29) is 18.1 Å². The fourth-order valence-corrected chi connectivity index (χ4v) is 3.00. The molecule has 0 spiro atoms. The maximum atomic E-state index is 12.3. The standard InChI is InChI=1S/C15H25N3O4/c1-15(2,3)21-14(20)18(4)11-8-6-5-7-10(11)9-12-16-13(19)22-17-12/h10-11H,5-9H2,1-4H3,(H,16,17,19)/t10-,11-/m0/s1. The van der Waals surface area contributed by atoms with Crippen LogP contribution in [0.3, 0.4) is 0 Å². The van der Waals surface area contributed by atoms with Crippen molar-refractivity contribution in [1.82, 2.24) is 15.0 Å². The molecule has 1 saturated carbocycles. The number of carbonyl (C=O) groups excluding carboxylic acids is 1. The van der Waals surface area contributed by atoms with E-state index in [1.54, 1.807) is 11.9 Å². The second kappa shape index (κ2) is 6.54. The number of amides is 1. The molecule has 124 valence electrons. The Kier molecular flexibility index (Phi) is 4.93. The van der Waals surface area contributed by atoms with E-state index >= 15 is 0 Å². The Morgan fingerprint density at radius 2 is 2.09 bits per heavy atom. The molecule has 0 aromatic carbocycles. The van der Waals surface area contributed by atoms with Crippen molar-refractivity contribution in [2.45, 2.75) is 64.5 Å². The Hall–Kier alpha value is -1.79. The Morgan fingerprint density at radius 1 is 1.41 bits per heavy atom. The van der Waals surface area contributed by atoms with E-state index in [4.69, 9.17) is 4.74 Å². The van der Waals surface area contributed by atoms with Gasteiger partial charge in [0.1, 0.15) is 5.60 Å². The van der Waals surface area contributed by atoms with Crippen LogP contribution in [0.5, 0.6) is 0 Å². The summed E-state index contributed by atoms with van der Waals surface area (Å²) < 4.78 is 10.00. The number of H-pyrrole nitrogens is 1. The average molecular weight is 311 g/mol. The number of aromatic amines is 1. The first kappa shape index (κ1) is 16.6.